The van der Waals surface area contributed by atoms with Gasteiger partial charge >= 0.3 is 6.01 Å². The Morgan fingerprint density at radius 3 is 2.32 bits per heavy atom. The summed E-state index contributed by atoms with van der Waals surface area (Å²) in [6.07, 6.45) is 0. The number of rotatable bonds is 4. The van der Waals surface area contributed by atoms with Crippen LogP contribution in [-0.2, 0) is 26.5 Å². The van der Waals surface area contributed by atoms with Gasteiger partial charge in [0.1, 0.15) is 5.69 Å². The van der Waals surface area contributed by atoms with E-state index in [0.717, 1.165) is 38.1 Å². The van der Waals surface area contributed by atoms with Crippen molar-refractivity contribution in [3.63, 3.8) is 0 Å². The Balaban J connectivity index is 0.00000302. The molecule has 1 aliphatic heterocycles. The van der Waals surface area contributed by atoms with E-state index in [1.54, 1.807) is 11.8 Å². The molecular formula is C36H28N3PtS-. The van der Waals surface area contributed by atoms with Crippen LogP contribution in [-0.4, -0.2) is 22.2 Å². The van der Waals surface area contributed by atoms with Gasteiger partial charge in [0, 0.05) is 38.7 Å². The fraction of sp³-hybridized carbons (Fsp3) is 0.139. The summed E-state index contributed by atoms with van der Waals surface area (Å²) in [4.78, 5) is 2.12. The molecule has 0 unspecified atom stereocenters. The van der Waals surface area contributed by atoms with Gasteiger partial charge in [-0.05, 0) is 16.9 Å². The first kappa shape index (κ1) is 27.5. The molecule has 7 rings (SSSR count). The molecule has 2 heterocycles. The Kier molecular flexibility index (Phi) is 7.12. The predicted molar refractivity (Wildman–Crippen MR) is 165 cm³/mol. The summed E-state index contributed by atoms with van der Waals surface area (Å²) in [6, 6.07) is 48.1. The van der Waals surface area contributed by atoms with Crippen LogP contribution in [0.25, 0.3) is 27.5 Å². The van der Waals surface area contributed by atoms with Crippen LogP contribution in [0.15, 0.2) is 107 Å². The number of fused-ring (bicyclic) bond motifs is 4. The van der Waals surface area contributed by atoms with Crippen molar-refractivity contribution in [3.8, 4) is 5.69 Å². The summed E-state index contributed by atoms with van der Waals surface area (Å²) < 4.78 is 6.43. The van der Waals surface area contributed by atoms with Crippen molar-refractivity contribution in [2.75, 3.05) is 7.05 Å². The Hall–Kier alpha value is -3.68. The van der Waals surface area contributed by atoms with Crippen LogP contribution in [0, 0.1) is 18.2 Å². The standard InChI is InChI=1S/C36H28N3S.Pt/c1-36(2,3)25-20-27(38-24-37(4)34-16-10-11-17-35(34)38)22-29(21-25)40-28-18-19-33-31(23-28)30-14-8-9-15-32(30)39(33)26-12-6-5-7-13-26;/h5-12,14-17,19-21,23H,1-4H3;/q-1;. The molecule has 1 aromatic heterocycles. The number of benzene rings is 5. The monoisotopic (exact) mass is 729 g/mol. The average Bonchev–Trinajstić information content (AvgIpc) is 3.48. The smallest absolute Gasteiger partial charge is 0.387 e. The summed E-state index contributed by atoms with van der Waals surface area (Å²) >= 11 is 1.71. The number of hydrogen-bond donors (Lipinski definition) is 0. The topological polar surface area (TPSA) is 10.9 Å². The van der Waals surface area contributed by atoms with Crippen molar-refractivity contribution in [1.82, 2.24) is 9.14 Å². The molecule has 0 aliphatic carbocycles. The SMILES string of the molecule is C[N+]1=C=[N+](c2[c-]c(Sc3[c-]cc4c(c3)c3ccccc3n4-c3[c-]cccc3)cc(C(C)(C)C)c2)c2ccccc21.[Pt]. The van der Waals surface area contributed by atoms with Gasteiger partial charge in [0.15, 0.2) is 7.05 Å². The van der Waals surface area contributed by atoms with Crippen molar-refractivity contribution in [2.45, 2.75) is 36.0 Å². The minimum Gasteiger partial charge on any atom is -0.387 e. The van der Waals surface area contributed by atoms with Gasteiger partial charge < -0.3 is 4.57 Å². The molecule has 5 aromatic carbocycles. The molecule has 0 spiro atoms. The molecule has 0 bridgehead atoms. The van der Waals surface area contributed by atoms with Crippen molar-refractivity contribution < 1.29 is 25.6 Å². The Morgan fingerprint density at radius 2 is 1.54 bits per heavy atom. The number of aromatic nitrogens is 1. The largest absolute Gasteiger partial charge is 0.494 e. The second-order valence-corrected chi connectivity index (χ2v) is 12.2. The molecule has 204 valence electrons. The maximum Gasteiger partial charge on any atom is 0.494 e. The maximum absolute atomic E-state index is 3.69. The number of nitrogens with zero attached hydrogens (tertiary/aromatic N) is 3. The van der Waals surface area contributed by atoms with E-state index in [2.05, 4.69) is 139 Å². The van der Waals surface area contributed by atoms with Gasteiger partial charge in [-0.1, -0.05) is 88.5 Å². The van der Waals surface area contributed by atoms with E-state index >= 15 is 0 Å². The van der Waals surface area contributed by atoms with Gasteiger partial charge in [0.2, 0.25) is 0 Å². The van der Waals surface area contributed by atoms with Crippen LogP contribution in [0.2, 0.25) is 0 Å². The first-order chi connectivity index (χ1) is 19.4. The van der Waals surface area contributed by atoms with E-state index in [9.17, 15) is 0 Å². The second-order valence-electron chi connectivity index (χ2n) is 11.2. The van der Waals surface area contributed by atoms with Crippen LogP contribution in [0.3, 0.4) is 0 Å². The molecule has 41 heavy (non-hydrogen) atoms. The molecule has 0 saturated heterocycles. The molecule has 0 radical (unpaired) electrons. The summed E-state index contributed by atoms with van der Waals surface area (Å²) in [5, 5.41) is 2.43. The van der Waals surface area contributed by atoms with Gasteiger partial charge in [-0.3, -0.25) is 0 Å². The molecule has 0 atom stereocenters. The second kappa shape index (κ2) is 10.6. The van der Waals surface area contributed by atoms with Gasteiger partial charge in [0.05, 0.1) is 0 Å². The third kappa shape index (κ3) is 4.91. The van der Waals surface area contributed by atoms with Gasteiger partial charge in [0.25, 0.3) is 11.4 Å². The maximum atomic E-state index is 3.69. The van der Waals surface area contributed by atoms with E-state index in [-0.39, 0.29) is 26.5 Å². The van der Waals surface area contributed by atoms with E-state index < -0.39 is 0 Å². The van der Waals surface area contributed by atoms with Crippen molar-refractivity contribution in [1.29, 1.82) is 0 Å². The summed E-state index contributed by atoms with van der Waals surface area (Å²) in [5.74, 6) is 0. The average molecular weight is 730 g/mol. The van der Waals surface area contributed by atoms with Crippen LogP contribution >= 0.6 is 11.8 Å². The third-order valence-corrected chi connectivity index (χ3v) is 8.30. The van der Waals surface area contributed by atoms with Crippen molar-refractivity contribution in [3.05, 3.63) is 121 Å². The molecule has 5 heteroatoms. The quantitative estimate of drug-likeness (QED) is 0.130. The molecule has 1 aliphatic rings. The van der Waals surface area contributed by atoms with Crippen LogP contribution in [0.4, 0.5) is 17.1 Å². The fourth-order valence-electron chi connectivity index (χ4n) is 5.37. The van der Waals surface area contributed by atoms with E-state index in [1.807, 2.05) is 23.8 Å². The first-order valence-corrected chi connectivity index (χ1v) is 14.3. The normalized spacial score (nSPS) is 12.7. The van der Waals surface area contributed by atoms with E-state index in [4.69, 9.17) is 0 Å². The van der Waals surface area contributed by atoms with Crippen LogP contribution < -0.4 is 4.58 Å². The number of para-hydroxylation sites is 4. The minimum atomic E-state index is -0.0163. The van der Waals surface area contributed by atoms with E-state index in [1.165, 1.54) is 21.9 Å². The Bertz CT molecular complexity index is 2010. The third-order valence-electron chi connectivity index (χ3n) is 7.40. The molecule has 6 aromatic rings. The van der Waals surface area contributed by atoms with Gasteiger partial charge in [-0.25, -0.2) is 0 Å². The predicted octanol–water partition coefficient (Wildman–Crippen LogP) is 8.93. The Labute approximate surface area is 259 Å². The molecule has 0 amide bonds. The molecule has 3 nitrogen and oxygen atoms in total. The zero-order valence-corrected chi connectivity index (χ0v) is 26.4. The van der Waals surface area contributed by atoms with Crippen molar-refractivity contribution >= 4 is 56.6 Å². The van der Waals surface area contributed by atoms with Crippen LogP contribution in [0.5, 0.6) is 0 Å². The summed E-state index contributed by atoms with van der Waals surface area (Å²) in [5.41, 5.74) is 7.81. The fourth-order valence-corrected chi connectivity index (χ4v) is 6.24. The van der Waals surface area contributed by atoms with Crippen molar-refractivity contribution in [2.24, 2.45) is 0 Å². The minimum absolute atomic E-state index is 0. The first-order valence-electron chi connectivity index (χ1n) is 13.4. The van der Waals surface area contributed by atoms with Crippen LogP contribution in [0.1, 0.15) is 26.3 Å². The molecule has 0 fully saturated rings. The molecule has 0 saturated carbocycles. The summed E-state index contributed by atoms with van der Waals surface area (Å²) in [7, 11) is 2.04. The van der Waals surface area contributed by atoms with Gasteiger partial charge in [-0.15, -0.1) is 39.7 Å². The zero-order valence-electron chi connectivity index (χ0n) is 23.3. The molecular weight excluding hydrogens is 702 g/mol. The van der Waals surface area contributed by atoms with E-state index in [0.29, 0.717) is 0 Å². The molecule has 0 N–H and O–H groups in total. The zero-order chi connectivity index (χ0) is 27.4. The summed E-state index contributed by atoms with van der Waals surface area (Å²) in [6.45, 7) is 6.77. The Morgan fingerprint density at radius 1 is 0.780 bits per heavy atom. The number of hydrogen-bond acceptors (Lipinski definition) is 1. The van der Waals surface area contributed by atoms with Gasteiger partial charge in [-0.2, -0.15) is 42.5 Å².